The Balaban J connectivity index is 1.71. The van der Waals surface area contributed by atoms with E-state index in [1.165, 1.54) is 17.3 Å². The highest BCUT2D eigenvalue weighted by Gasteiger charge is 2.20. The van der Waals surface area contributed by atoms with Crippen molar-refractivity contribution >= 4 is 23.4 Å². The molecule has 1 atom stereocenters. The van der Waals surface area contributed by atoms with Gasteiger partial charge in [0, 0.05) is 30.2 Å². The smallest absolute Gasteiger partial charge is 0.237 e. The molecule has 29 heavy (non-hydrogen) atoms. The third-order valence-corrected chi connectivity index (χ3v) is 5.68. The molecule has 0 bridgehead atoms. The number of hydrogen-bond donors (Lipinski definition) is 1. The molecule has 7 heteroatoms. The summed E-state index contributed by atoms with van der Waals surface area (Å²) in [4.78, 5) is 16.7. The fourth-order valence-corrected chi connectivity index (χ4v) is 3.80. The predicted octanol–water partition coefficient (Wildman–Crippen LogP) is 4.99. The van der Waals surface area contributed by atoms with E-state index in [-0.39, 0.29) is 11.2 Å². The van der Waals surface area contributed by atoms with Crippen molar-refractivity contribution in [1.82, 2.24) is 19.7 Å². The molecular weight excluding hydrogens is 382 g/mol. The van der Waals surface area contributed by atoms with Gasteiger partial charge in [-0.25, -0.2) is 0 Å². The molecular formula is C22H27N5OS. The van der Waals surface area contributed by atoms with Crippen LogP contribution in [0.2, 0.25) is 0 Å². The lowest BCUT2D eigenvalue weighted by atomic mass is 10.0. The highest BCUT2D eigenvalue weighted by molar-refractivity contribution is 8.00. The molecule has 2 aromatic heterocycles. The van der Waals surface area contributed by atoms with Crippen LogP contribution in [0.5, 0.6) is 0 Å². The molecule has 0 saturated carbocycles. The normalized spacial score (nSPS) is 12.2. The topological polar surface area (TPSA) is 72.7 Å². The Morgan fingerprint density at radius 1 is 1.07 bits per heavy atom. The van der Waals surface area contributed by atoms with Gasteiger partial charge in [0.05, 0.1) is 5.25 Å². The summed E-state index contributed by atoms with van der Waals surface area (Å²) in [6.45, 7) is 9.09. The molecule has 0 aliphatic carbocycles. The molecule has 3 aromatic rings. The number of carbonyl (C=O) groups is 1. The Morgan fingerprint density at radius 2 is 1.76 bits per heavy atom. The first-order chi connectivity index (χ1) is 14.0. The Morgan fingerprint density at radius 3 is 2.38 bits per heavy atom. The fraction of sp³-hybridized carbons (Fsp3) is 0.364. The summed E-state index contributed by atoms with van der Waals surface area (Å²) in [5.41, 5.74) is 3.02. The van der Waals surface area contributed by atoms with Crippen molar-refractivity contribution in [3.63, 3.8) is 0 Å². The van der Waals surface area contributed by atoms with Crippen LogP contribution >= 0.6 is 11.8 Å². The van der Waals surface area contributed by atoms with E-state index in [1.807, 2.05) is 31.2 Å². The number of rotatable bonds is 8. The zero-order valence-corrected chi connectivity index (χ0v) is 18.1. The third-order valence-electron chi connectivity index (χ3n) is 4.60. The Kier molecular flexibility index (Phi) is 7.04. The van der Waals surface area contributed by atoms with E-state index in [0.717, 1.165) is 35.2 Å². The molecule has 1 aromatic carbocycles. The molecule has 3 rings (SSSR count). The lowest BCUT2D eigenvalue weighted by Crippen LogP contribution is -2.23. The van der Waals surface area contributed by atoms with Crippen molar-refractivity contribution in [1.29, 1.82) is 0 Å². The van der Waals surface area contributed by atoms with Gasteiger partial charge < -0.3 is 9.88 Å². The van der Waals surface area contributed by atoms with E-state index in [1.54, 1.807) is 12.4 Å². The average Bonchev–Trinajstić information content (AvgIpc) is 3.11. The van der Waals surface area contributed by atoms with Crippen LogP contribution < -0.4 is 5.32 Å². The van der Waals surface area contributed by atoms with E-state index in [9.17, 15) is 4.79 Å². The summed E-state index contributed by atoms with van der Waals surface area (Å²) in [5.74, 6) is 1.21. The van der Waals surface area contributed by atoms with Gasteiger partial charge in [0.1, 0.15) is 0 Å². The van der Waals surface area contributed by atoms with Gasteiger partial charge >= 0.3 is 0 Å². The molecule has 6 nitrogen and oxygen atoms in total. The largest absolute Gasteiger partial charge is 0.325 e. The number of nitrogens with one attached hydrogen (secondary N) is 1. The van der Waals surface area contributed by atoms with Crippen molar-refractivity contribution in [2.45, 2.75) is 57.0 Å². The molecule has 0 radical (unpaired) electrons. The summed E-state index contributed by atoms with van der Waals surface area (Å²) in [6.07, 6.45) is 4.44. The van der Waals surface area contributed by atoms with Gasteiger partial charge in [-0.05, 0) is 49.1 Å². The van der Waals surface area contributed by atoms with Crippen LogP contribution in [0.15, 0.2) is 53.9 Å². The summed E-state index contributed by atoms with van der Waals surface area (Å²) in [7, 11) is 0. The first-order valence-electron chi connectivity index (χ1n) is 9.90. The van der Waals surface area contributed by atoms with Crippen molar-refractivity contribution in [2.24, 2.45) is 0 Å². The minimum atomic E-state index is -0.301. The number of hydrogen-bond acceptors (Lipinski definition) is 5. The van der Waals surface area contributed by atoms with Gasteiger partial charge in [-0.15, -0.1) is 10.2 Å². The number of aromatic nitrogens is 4. The summed E-state index contributed by atoms with van der Waals surface area (Å²) in [6, 6.07) is 11.8. The second-order valence-corrected chi connectivity index (χ2v) is 8.53. The number of nitrogens with zero attached hydrogens (tertiary/aromatic N) is 4. The van der Waals surface area contributed by atoms with Crippen LogP contribution in [0.3, 0.4) is 0 Å². The zero-order chi connectivity index (χ0) is 20.8. The Labute approximate surface area is 176 Å². The summed E-state index contributed by atoms with van der Waals surface area (Å²) in [5, 5.41) is 12.1. The number of carbonyl (C=O) groups excluding carboxylic acids is 1. The van der Waals surface area contributed by atoms with E-state index in [0.29, 0.717) is 5.92 Å². The molecule has 0 spiro atoms. The first kappa shape index (κ1) is 21.0. The monoisotopic (exact) mass is 409 g/mol. The Bertz CT molecular complexity index is 938. The fourth-order valence-electron chi connectivity index (χ4n) is 2.92. The second kappa shape index (κ2) is 9.69. The van der Waals surface area contributed by atoms with Gasteiger partial charge in [-0.1, -0.05) is 44.7 Å². The third kappa shape index (κ3) is 5.23. The number of pyridine rings is 1. The lowest BCUT2D eigenvalue weighted by Gasteiger charge is -2.14. The number of amides is 1. The van der Waals surface area contributed by atoms with Crippen molar-refractivity contribution in [3.8, 4) is 11.4 Å². The van der Waals surface area contributed by atoms with Crippen LogP contribution in [-0.2, 0) is 11.3 Å². The molecule has 0 fully saturated rings. The highest BCUT2D eigenvalue weighted by Crippen LogP contribution is 2.27. The molecule has 0 aliphatic rings. The maximum atomic E-state index is 12.7. The zero-order valence-electron chi connectivity index (χ0n) is 17.3. The maximum absolute atomic E-state index is 12.7. The first-order valence-corrected chi connectivity index (χ1v) is 10.8. The van der Waals surface area contributed by atoms with Crippen LogP contribution in [0.25, 0.3) is 11.4 Å². The van der Waals surface area contributed by atoms with Gasteiger partial charge in [0.25, 0.3) is 0 Å². The van der Waals surface area contributed by atoms with Gasteiger partial charge in [-0.2, -0.15) is 0 Å². The van der Waals surface area contributed by atoms with Crippen LogP contribution in [0.4, 0.5) is 5.69 Å². The minimum absolute atomic E-state index is 0.0520. The summed E-state index contributed by atoms with van der Waals surface area (Å²) < 4.78 is 2.07. The van der Waals surface area contributed by atoms with Crippen molar-refractivity contribution in [2.75, 3.05) is 5.32 Å². The molecule has 152 valence electrons. The molecule has 0 unspecified atom stereocenters. The number of benzene rings is 1. The number of anilines is 1. The quantitative estimate of drug-likeness (QED) is 0.531. The average molecular weight is 410 g/mol. The van der Waals surface area contributed by atoms with Crippen LogP contribution in [0, 0.1) is 0 Å². The van der Waals surface area contributed by atoms with Gasteiger partial charge in [0.15, 0.2) is 11.0 Å². The minimum Gasteiger partial charge on any atom is -0.325 e. The summed E-state index contributed by atoms with van der Waals surface area (Å²) >= 11 is 1.42. The molecule has 1 N–H and O–H groups in total. The van der Waals surface area contributed by atoms with Crippen molar-refractivity contribution in [3.05, 3.63) is 54.4 Å². The molecule has 0 aliphatic heterocycles. The van der Waals surface area contributed by atoms with Crippen LogP contribution in [0.1, 0.15) is 45.6 Å². The lowest BCUT2D eigenvalue weighted by molar-refractivity contribution is -0.115. The SMILES string of the molecule is CCCn1c(S[C@H](C)C(=O)Nc2ccc(C(C)C)cc2)nnc1-c1ccncc1. The standard InChI is InChI=1S/C22H27N5OS/c1-5-14-27-20(18-10-12-23-13-11-18)25-26-22(27)29-16(4)21(28)24-19-8-6-17(7-9-19)15(2)3/h6-13,15-16H,5,14H2,1-4H3,(H,24,28)/t16-/m1/s1. The number of thioether (sulfide) groups is 1. The van der Waals surface area contributed by atoms with Crippen molar-refractivity contribution < 1.29 is 4.79 Å². The second-order valence-electron chi connectivity index (χ2n) is 7.22. The molecule has 0 saturated heterocycles. The maximum Gasteiger partial charge on any atom is 0.237 e. The molecule has 2 heterocycles. The van der Waals surface area contributed by atoms with Gasteiger partial charge in [0.2, 0.25) is 5.91 Å². The molecule has 1 amide bonds. The predicted molar refractivity (Wildman–Crippen MR) is 118 cm³/mol. The van der Waals surface area contributed by atoms with E-state index < -0.39 is 0 Å². The highest BCUT2D eigenvalue weighted by atomic mass is 32.2. The van der Waals surface area contributed by atoms with E-state index in [4.69, 9.17) is 0 Å². The van der Waals surface area contributed by atoms with Crippen LogP contribution in [-0.4, -0.2) is 30.9 Å². The van der Waals surface area contributed by atoms with E-state index in [2.05, 4.69) is 58.0 Å². The Hall–Kier alpha value is -2.67. The van der Waals surface area contributed by atoms with E-state index >= 15 is 0 Å². The van der Waals surface area contributed by atoms with Gasteiger partial charge in [-0.3, -0.25) is 9.78 Å².